The fourth-order valence-corrected chi connectivity index (χ4v) is 2.64. The van der Waals surface area contributed by atoms with Crippen LogP contribution in [-0.2, 0) is 0 Å². The van der Waals surface area contributed by atoms with Gasteiger partial charge in [0.05, 0.1) is 6.04 Å². The first-order valence-electron chi connectivity index (χ1n) is 5.88. The Morgan fingerprint density at radius 2 is 1.74 bits per heavy atom. The van der Waals surface area contributed by atoms with E-state index in [0.29, 0.717) is 0 Å². The van der Waals surface area contributed by atoms with Gasteiger partial charge in [-0.2, -0.15) is 0 Å². The van der Waals surface area contributed by atoms with Gasteiger partial charge in [-0.15, -0.1) is 11.8 Å². The molecule has 19 heavy (non-hydrogen) atoms. The molecular weight excluding hydrogens is 264 g/mol. The molecule has 2 aromatic carbocycles. The number of aryl methyl sites for hydroxylation is 1. The third-order valence-electron chi connectivity index (χ3n) is 3.09. The van der Waals surface area contributed by atoms with E-state index < -0.39 is 17.7 Å². The van der Waals surface area contributed by atoms with Crippen molar-refractivity contribution < 1.29 is 8.78 Å². The van der Waals surface area contributed by atoms with Crippen LogP contribution < -0.4 is 5.73 Å². The van der Waals surface area contributed by atoms with Crippen molar-refractivity contribution in [2.75, 3.05) is 6.26 Å². The van der Waals surface area contributed by atoms with Crippen LogP contribution in [0.3, 0.4) is 0 Å². The molecule has 0 heterocycles. The van der Waals surface area contributed by atoms with E-state index >= 15 is 0 Å². The smallest absolute Gasteiger partial charge is 0.128 e. The zero-order valence-corrected chi connectivity index (χ0v) is 11.6. The summed E-state index contributed by atoms with van der Waals surface area (Å²) in [6, 6.07) is 9.21. The van der Waals surface area contributed by atoms with Crippen LogP contribution >= 0.6 is 11.8 Å². The summed E-state index contributed by atoms with van der Waals surface area (Å²) in [6.45, 7) is 1.53. The number of halogens is 2. The van der Waals surface area contributed by atoms with Gasteiger partial charge in [0, 0.05) is 10.5 Å². The molecule has 0 spiro atoms. The van der Waals surface area contributed by atoms with Gasteiger partial charge in [-0.3, -0.25) is 0 Å². The lowest BCUT2D eigenvalue weighted by atomic mass is 9.98. The molecule has 4 heteroatoms. The molecule has 0 bridgehead atoms. The molecule has 0 aromatic heterocycles. The fraction of sp³-hybridized carbons (Fsp3) is 0.200. The van der Waals surface area contributed by atoms with Crippen LogP contribution in [0.1, 0.15) is 22.7 Å². The number of benzene rings is 2. The van der Waals surface area contributed by atoms with Crippen molar-refractivity contribution in [2.24, 2.45) is 5.73 Å². The summed E-state index contributed by atoms with van der Waals surface area (Å²) in [7, 11) is 0. The lowest BCUT2D eigenvalue weighted by molar-refractivity contribution is 0.570. The lowest BCUT2D eigenvalue weighted by Gasteiger charge is -2.17. The van der Waals surface area contributed by atoms with Crippen LogP contribution in [0.2, 0.25) is 0 Å². The molecule has 0 fully saturated rings. The highest BCUT2D eigenvalue weighted by Gasteiger charge is 2.18. The van der Waals surface area contributed by atoms with E-state index in [1.165, 1.54) is 30.8 Å². The van der Waals surface area contributed by atoms with E-state index in [9.17, 15) is 8.78 Å². The summed E-state index contributed by atoms with van der Waals surface area (Å²) >= 11 is 1.54. The predicted octanol–water partition coefficient (Wildman–Crippen LogP) is 4.04. The molecule has 1 unspecified atom stereocenters. The van der Waals surface area contributed by atoms with Crippen molar-refractivity contribution in [3.05, 3.63) is 64.7 Å². The van der Waals surface area contributed by atoms with Crippen LogP contribution in [0.5, 0.6) is 0 Å². The summed E-state index contributed by atoms with van der Waals surface area (Å²) in [6.07, 6.45) is 1.93. The summed E-state index contributed by atoms with van der Waals surface area (Å²) in [4.78, 5) is 0.968. The highest BCUT2D eigenvalue weighted by molar-refractivity contribution is 7.98. The van der Waals surface area contributed by atoms with Gasteiger partial charge in [0.25, 0.3) is 0 Å². The molecule has 0 radical (unpaired) electrons. The minimum atomic E-state index is -0.668. The summed E-state index contributed by atoms with van der Waals surface area (Å²) in [5.74, 6) is -0.907. The van der Waals surface area contributed by atoms with Crippen molar-refractivity contribution in [2.45, 2.75) is 17.9 Å². The number of thioether (sulfide) groups is 1. The zero-order chi connectivity index (χ0) is 14.0. The molecule has 100 valence electrons. The molecule has 1 atom stereocenters. The van der Waals surface area contributed by atoms with E-state index in [4.69, 9.17) is 5.73 Å². The molecule has 1 nitrogen and oxygen atoms in total. The SMILES string of the molecule is CSc1ccccc1C(N)c1cc(F)c(C)cc1F. The van der Waals surface area contributed by atoms with Gasteiger partial charge in [0.2, 0.25) is 0 Å². The average Bonchev–Trinajstić information content (AvgIpc) is 2.42. The maximum Gasteiger partial charge on any atom is 0.128 e. The molecule has 0 amide bonds. The maximum absolute atomic E-state index is 13.9. The Balaban J connectivity index is 2.50. The van der Waals surface area contributed by atoms with E-state index in [-0.39, 0.29) is 11.1 Å². The topological polar surface area (TPSA) is 26.0 Å². The predicted molar refractivity (Wildman–Crippen MR) is 75.3 cm³/mol. The Bertz CT molecular complexity index is 599. The van der Waals surface area contributed by atoms with Crippen molar-refractivity contribution in [1.29, 1.82) is 0 Å². The van der Waals surface area contributed by atoms with Gasteiger partial charge in [-0.25, -0.2) is 8.78 Å². The highest BCUT2D eigenvalue weighted by Crippen LogP contribution is 2.30. The second-order valence-electron chi connectivity index (χ2n) is 4.34. The molecule has 0 aliphatic heterocycles. The Hall–Kier alpha value is -1.39. The third kappa shape index (κ3) is 2.80. The molecule has 0 saturated heterocycles. The average molecular weight is 279 g/mol. The van der Waals surface area contributed by atoms with E-state index in [1.807, 2.05) is 30.5 Å². The second-order valence-corrected chi connectivity index (χ2v) is 5.19. The van der Waals surface area contributed by atoms with E-state index in [2.05, 4.69) is 0 Å². The molecule has 2 rings (SSSR count). The largest absolute Gasteiger partial charge is 0.320 e. The quantitative estimate of drug-likeness (QED) is 0.858. The first-order valence-corrected chi connectivity index (χ1v) is 7.11. The van der Waals surface area contributed by atoms with Gasteiger partial charge in [-0.05, 0) is 42.5 Å². The lowest BCUT2D eigenvalue weighted by Crippen LogP contribution is -2.15. The number of rotatable bonds is 3. The van der Waals surface area contributed by atoms with Crippen LogP contribution in [0.4, 0.5) is 8.78 Å². The second kappa shape index (κ2) is 5.72. The van der Waals surface area contributed by atoms with E-state index in [0.717, 1.165) is 10.5 Å². The number of hydrogen-bond donors (Lipinski definition) is 1. The van der Waals surface area contributed by atoms with Gasteiger partial charge in [0.15, 0.2) is 0 Å². The fourth-order valence-electron chi connectivity index (χ4n) is 1.99. The van der Waals surface area contributed by atoms with Gasteiger partial charge in [0.1, 0.15) is 11.6 Å². The minimum Gasteiger partial charge on any atom is -0.320 e. The molecule has 2 N–H and O–H groups in total. The third-order valence-corrected chi connectivity index (χ3v) is 3.90. The van der Waals surface area contributed by atoms with Crippen molar-refractivity contribution >= 4 is 11.8 Å². The van der Waals surface area contributed by atoms with Crippen LogP contribution in [0.25, 0.3) is 0 Å². The Kier molecular flexibility index (Phi) is 4.22. The Morgan fingerprint density at radius 1 is 1.05 bits per heavy atom. The molecule has 0 saturated carbocycles. The van der Waals surface area contributed by atoms with Crippen molar-refractivity contribution in [3.8, 4) is 0 Å². The number of hydrogen-bond acceptors (Lipinski definition) is 2. The molecular formula is C15H15F2NS. The molecule has 2 aromatic rings. The standard InChI is InChI=1S/C15H15F2NS/c1-9-7-13(17)11(8-12(9)16)15(18)10-5-3-4-6-14(10)19-2/h3-8,15H,18H2,1-2H3. The first-order chi connectivity index (χ1) is 9.04. The summed E-state index contributed by atoms with van der Waals surface area (Å²) in [5.41, 5.74) is 7.36. The Labute approximate surface area is 115 Å². The van der Waals surface area contributed by atoms with Gasteiger partial charge in [-0.1, -0.05) is 18.2 Å². The minimum absolute atomic E-state index is 0.185. The zero-order valence-electron chi connectivity index (χ0n) is 10.8. The monoisotopic (exact) mass is 279 g/mol. The molecule has 0 aliphatic rings. The van der Waals surface area contributed by atoms with Crippen molar-refractivity contribution in [3.63, 3.8) is 0 Å². The first kappa shape index (κ1) is 14.0. The summed E-state index contributed by atoms with van der Waals surface area (Å²) < 4.78 is 27.5. The molecule has 0 aliphatic carbocycles. The van der Waals surface area contributed by atoms with Crippen LogP contribution in [0, 0.1) is 18.6 Å². The van der Waals surface area contributed by atoms with Crippen molar-refractivity contribution in [1.82, 2.24) is 0 Å². The van der Waals surface area contributed by atoms with E-state index in [1.54, 1.807) is 0 Å². The Morgan fingerprint density at radius 3 is 2.42 bits per heavy atom. The highest BCUT2D eigenvalue weighted by atomic mass is 32.2. The summed E-state index contributed by atoms with van der Waals surface area (Å²) in [5, 5.41) is 0. The van der Waals surface area contributed by atoms with Crippen LogP contribution in [0.15, 0.2) is 41.3 Å². The van der Waals surface area contributed by atoms with Crippen LogP contribution in [-0.4, -0.2) is 6.26 Å². The van der Waals surface area contributed by atoms with Gasteiger partial charge >= 0.3 is 0 Å². The van der Waals surface area contributed by atoms with Gasteiger partial charge < -0.3 is 5.73 Å². The maximum atomic E-state index is 13.9. The number of nitrogens with two attached hydrogens (primary N) is 1. The normalized spacial score (nSPS) is 12.5.